The molecule has 4 nitrogen and oxygen atoms in total. The summed E-state index contributed by atoms with van der Waals surface area (Å²) in [7, 11) is -4.76. The van der Waals surface area contributed by atoms with Crippen LogP contribution in [0.15, 0.2) is 47.5 Å². The highest BCUT2D eigenvalue weighted by atomic mass is 35.5. The van der Waals surface area contributed by atoms with Gasteiger partial charge in [0, 0.05) is 6.20 Å². The van der Waals surface area contributed by atoms with Crippen molar-refractivity contribution in [1.29, 1.82) is 0 Å². The smallest absolute Gasteiger partial charge is 0.332 e. The van der Waals surface area contributed by atoms with E-state index in [1.165, 1.54) is 6.07 Å². The van der Waals surface area contributed by atoms with Gasteiger partial charge < -0.3 is 4.74 Å². The van der Waals surface area contributed by atoms with Crippen LogP contribution in [0.4, 0.5) is 3.89 Å². The summed E-state index contributed by atoms with van der Waals surface area (Å²) < 4.78 is 39.5. The number of rotatable bonds is 4. The number of ether oxygens (including phenoxy) is 1. The summed E-state index contributed by atoms with van der Waals surface area (Å²) in [6, 6.07) is 8.76. The molecule has 0 aliphatic rings. The lowest BCUT2D eigenvalue weighted by Gasteiger charge is -2.08. The Hall–Kier alpha value is -1.66. The Morgan fingerprint density at radius 2 is 2.05 bits per heavy atom. The molecule has 0 amide bonds. The van der Waals surface area contributed by atoms with E-state index >= 15 is 0 Å². The summed E-state index contributed by atoms with van der Waals surface area (Å²) in [5, 5.41) is 0.0228. The van der Waals surface area contributed by atoms with Crippen LogP contribution in [-0.4, -0.2) is 13.4 Å². The summed E-state index contributed by atoms with van der Waals surface area (Å²) in [5.74, 6) is 0.264. The number of nitrogens with zero attached hydrogens (tertiary/aromatic N) is 1. The summed E-state index contributed by atoms with van der Waals surface area (Å²) in [5.41, 5.74) is 0.695. The Bertz CT molecular complexity index is 677. The fourth-order valence-corrected chi connectivity index (χ4v) is 2.17. The van der Waals surface area contributed by atoms with Crippen molar-refractivity contribution in [3.63, 3.8) is 0 Å². The number of halogens is 2. The molecule has 1 heterocycles. The first-order chi connectivity index (χ1) is 8.97. The first kappa shape index (κ1) is 13.8. The minimum Gasteiger partial charge on any atom is -0.486 e. The Morgan fingerprint density at radius 1 is 1.26 bits per heavy atom. The van der Waals surface area contributed by atoms with Crippen LogP contribution in [0, 0.1) is 0 Å². The highest BCUT2D eigenvalue weighted by Crippen LogP contribution is 2.28. The molecule has 0 saturated heterocycles. The van der Waals surface area contributed by atoms with E-state index in [9.17, 15) is 12.3 Å². The van der Waals surface area contributed by atoms with Crippen LogP contribution in [0.3, 0.4) is 0 Å². The molecular formula is C12H9ClFNO3S. The maximum atomic E-state index is 12.7. The second kappa shape index (κ2) is 5.54. The largest absolute Gasteiger partial charge is 0.486 e. The third-order valence-corrected chi connectivity index (χ3v) is 3.40. The highest BCUT2D eigenvalue weighted by Gasteiger charge is 2.14. The molecule has 0 aliphatic heterocycles. The maximum Gasteiger partial charge on any atom is 0.332 e. The van der Waals surface area contributed by atoms with Crippen LogP contribution >= 0.6 is 11.6 Å². The van der Waals surface area contributed by atoms with Crippen LogP contribution in [0.5, 0.6) is 5.75 Å². The van der Waals surface area contributed by atoms with Gasteiger partial charge in [0.1, 0.15) is 17.3 Å². The number of benzene rings is 1. The number of hydrogen-bond donors (Lipinski definition) is 0. The zero-order chi connectivity index (χ0) is 13.9. The van der Waals surface area contributed by atoms with Crippen molar-refractivity contribution in [1.82, 2.24) is 4.98 Å². The fourth-order valence-electron chi connectivity index (χ4n) is 1.39. The molecule has 0 N–H and O–H groups in total. The van der Waals surface area contributed by atoms with Crippen LogP contribution in [-0.2, 0) is 16.8 Å². The first-order valence-corrected chi connectivity index (χ1v) is 7.00. The van der Waals surface area contributed by atoms with Gasteiger partial charge in [-0.15, -0.1) is 3.89 Å². The molecule has 1 aromatic heterocycles. The Kier molecular flexibility index (Phi) is 4.01. The van der Waals surface area contributed by atoms with Gasteiger partial charge in [0.05, 0.1) is 10.7 Å². The second-order valence-electron chi connectivity index (χ2n) is 3.64. The second-order valence-corrected chi connectivity index (χ2v) is 5.39. The van der Waals surface area contributed by atoms with E-state index in [1.807, 2.05) is 6.07 Å². The van der Waals surface area contributed by atoms with Crippen LogP contribution in [0.2, 0.25) is 5.02 Å². The molecule has 100 valence electrons. The summed E-state index contributed by atoms with van der Waals surface area (Å²) >= 11 is 5.83. The average molecular weight is 302 g/mol. The third-order valence-electron chi connectivity index (χ3n) is 2.29. The lowest BCUT2D eigenvalue weighted by molar-refractivity contribution is 0.301. The van der Waals surface area contributed by atoms with Gasteiger partial charge in [0.25, 0.3) is 0 Å². The van der Waals surface area contributed by atoms with E-state index in [0.717, 1.165) is 12.1 Å². The van der Waals surface area contributed by atoms with Crippen molar-refractivity contribution in [2.45, 2.75) is 11.5 Å². The van der Waals surface area contributed by atoms with Crippen LogP contribution in [0.1, 0.15) is 5.69 Å². The van der Waals surface area contributed by atoms with Gasteiger partial charge in [-0.25, -0.2) is 0 Å². The van der Waals surface area contributed by atoms with Gasteiger partial charge in [-0.1, -0.05) is 17.7 Å². The lowest BCUT2D eigenvalue weighted by atomic mass is 10.3. The molecular weight excluding hydrogens is 293 g/mol. The van der Waals surface area contributed by atoms with E-state index in [0.29, 0.717) is 5.69 Å². The highest BCUT2D eigenvalue weighted by molar-refractivity contribution is 7.86. The molecule has 7 heteroatoms. The van der Waals surface area contributed by atoms with Crippen molar-refractivity contribution in [3.05, 3.63) is 53.3 Å². The minimum absolute atomic E-state index is 0.0228. The third kappa shape index (κ3) is 3.65. The van der Waals surface area contributed by atoms with E-state index in [1.54, 1.807) is 18.3 Å². The molecule has 1 aromatic carbocycles. The number of aromatic nitrogens is 1. The summed E-state index contributed by atoms with van der Waals surface area (Å²) in [4.78, 5) is 3.56. The van der Waals surface area contributed by atoms with E-state index < -0.39 is 15.1 Å². The number of hydrogen-bond acceptors (Lipinski definition) is 4. The van der Waals surface area contributed by atoms with E-state index in [4.69, 9.17) is 16.3 Å². The molecule has 0 bridgehead atoms. The maximum absolute atomic E-state index is 12.7. The molecule has 0 atom stereocenters. The molecule has 2 rings (SSSR count). The lowest BCUT2D eigenvalue weighted by Crippen LogP contribution is -1.99. The Balaban J connectivity index is 2.14. The van der Waals surface area contributed by atoms with Crippen LogP contribution < -0.4 is 4.74 Å². The van der Waals surface area contributed by atoms with Crippen molar-refractivity contribution < 1.29 is 17.0 Å². The van der Waals surface area contributed by atoms with Gasteiger partial charge >= 0.3 is 10.2 Å². The summed E-state index contributed by atoms with van der Waals surface area (Å²) in [6.07, 6.45) is 1.62. The van der Waals surface area contributed by atoms with Gasteiger partial charge in [0.15, 0.2) is 0 Å². The van der Waals surface area contributed by atoms with Crippen molar-refractivity contribution in [3.8, 4) is 5.75 Å². The monoisotopic (exact) mass is 301 g/mol. The van der Waals surface area contributed by atoms with Crippen molar-refractivity contribution in [2.75, 3.05) is 0 Å². The van der Waals surface area contributed by atoms with Gasteiger partial charge in [-0.3, -0.25) is 4.98 Å². The van der Waals surface area contributed by atoms with Crippen LogP contribution in [0.25, 0.3) is 0 Å². The predicted octanol–water partition coefficient (Wildman–Crippen LogP) is 2.97. The van der Waals surface area contributed by atoms with E-state index in [-0.39, 0.29) is 17.4 Å². The standard InChI is InChI=1S/C12H9ClFNO3S/c13-11-7-10(19(14,16)17)4-5-12(11)18-8-9-3-1-2-6-15-9/h1-7H,8H2. The quantitative estimate of drug-likeness (QED) is 0.815. The fraction of sp³-hybridized carbons (Fsp3) is 0.0833. The van der Waals surface area contributed by atoms with Gasteiger partial charge in [-0.2, -0.15) is 8.42 Å². The molecule has 0 unspecified atom stereocenters. The van der Waals surface area contributed by atoms with E-state index in [2.05, 4.69) is 4.98 Å². The Morgan fingerprint density at radius 3 is 2.63 bits per heavy atom. The van der Waals surface area contributed by atoms with Gasteiger partial charge in [0.2, 0.25) is 0 Å². The number of pyridine rings is 1. The van der Waals surface area contributed by atoms with Crippen molar-refractivity contribution >= 4 is 21.8 Å². The average Bonchev–Trinajstić information content (AvgIpc) is 2.37. The topological polar surface area (TPSA) is 56.3 Å². The van der Waals surface area contributed by atoms with Crippen molar-refractivity contribution in [2.24, 2.45) is 0 Å². The predicted molar refractivity (Wildman–Crippen MR) is 68.3 cm³/mol. The molecule has 0 radical (unpaired) electrons. The molecule has 19 heavy (non-hydrogen) atoms. The normalized spacial score (nSPS) is 11.3. The Labute approximate surface area is 115 Å². The SMILES string of the molecule is O=S(=O)(F)c1ccc(OCc2ccccn2)c(Cl)c1. The molecule has 0 spiro atoms. The zero-order valence-electron chi connectivity index (χ0n) is 9.58. The molecule has 0 fully saturated rings. The molecule has 2 aromatic rings. The summed E-state index contributed by atoms with van der Waals surface area (Å²) in [6.45, 7) is 0.183. The zero-order valence-corrected chi connectivity index (χ0v) is 11.2. The molecule has 0 saturated carbocycles. The first-order valence-electron chi connectivity index (χ1n) is 5.24. The van der Waals surface area contributed by atoms with Gasteiger partial charge in [-0.05, 0) is 30.3 Å². The minimum atomic E-state index is -4.76. The molecule has 0 aliphatic carbocycles.